The molecule has 0 saturated carbocycles. The Hall–Kier alpha value is -3.23. The monoisotopic (exact) mass is 401 g/mol. The Morgan fingerprint density at radius 3 is 2.28 bits per heavy atom. The van der Waals surface area contributed by atoms with E-state index in [-0.39, 0.29) is 25.1 Å². The fourth-order valence-corrected chi connectivity index (χ4v) is 2.27. The molecule has 0 spiro atoms. The normalized spacial score (nSPS) is 10.8. The molecule has 0 N–H and O–H groups in total. The molecule has 0 fully saturated rings. The van der Waals surface area contributed by atoms with Gasteiger partial charge in [0.05, 0.1) is 10.5 Å². The fourth-order valence-electron chi connectivity index (χ4n) is 2.27. The van der Waals surface area contributed by atoms with Gasteiger partial charge in [0.15, 0.2) is 19.4 Å². The lowest BCUT2D eigenvalue weighted by atomic mass is 10.1. The summed E-state index contributed by atoms with van der Waals surface area (Å²) in [6, 6.07) is 10.8. The summed E-state index contributed by atoms with van der Waals surface area (Å²) in [6.07, 6.45) is 2.96. The minimum atomic E-state index is -0.476. The van der Waals surface area contributed by atoms with Crippen molar-refractivity contribution in [3.8, 4) is 11.5 Å². The summed E-state index contributed by atoms with van der Waals surface area (Å²) in [5.41, 5.74) is 0.992. The molecule has 0 aliphatic heterocycles. The summed E-state index contributed by atoms with van der Waals surface area (Å²) in [5.74, 6) is 0.540. The van der Waals surface area contributed by atoms with Gasteiger partial charge in [0.2, 0.25) is 0 Å². The van der Waals surface area contributed by atoms with Crippen molar-refractivity contribution in [1.82, 2.24) is 0 Å². The first-order valence-electron chi connectivity index (χ1n) is 9.07. The quantitative estimate of drug-likeness (QED) is 0.131. The average molecular weight is 401 g/mol. The Labute approximate surface area is 168 Å². The second kappa shape index (κ2) is 11.6. The van der Waals surface area contributed by atoms with Gasteiger partial charge in [-0.15, -0.1) is 0 Å². The number of hydrogen-bond acceptors (Lipinski definition) is 7. The number of allylic oxidation sites excluding steroid dienone is 1. The van der Waals surface area contributed by atoms with Crippen molar-refractivity contribution >= 4 is 17.5 Å². The number of ketones is 1. The predicted octanol–water partition coefficient (Wildman–Crippen LogP) is 4.24. The topological polar surface area (TPSA) is 97.1 Å². The van der Waals surface area contributed by atoms with Gasteiger partial charge in [-0.2, -0.15) is 0 Å². The van der Waals surface area contributed by atoms with Gasteiger partial charge in [0, 0.05) is 31.4 Å². The minimum absolute atomic E-state index is 0.00222. The van der Waals surface area contributed by atoms with Crippen molar-refractivity contribution in [2.75, 3.05) is 26.8 Å². The lowest BCUT2D eigenvalue weighted by molar-refractivity contribution is -0.384. The van der Waals surface area contributed by atoms with Crippen molar-refractivity contribution < 1.29 is 28.7 Å². The van der Waals surface area contributed by atoms with E-state index in [1.807, 2.05) is 13.8 Å². The van der Waals surface area contributed by atoms with Crippen LogP contribution in [0.4, 0.5) is 5.69 Å². The van der Waals surface area contributed by atoms with E-state index in [1.165, 1.54) is 18.2 Å². The van der Waals surface area contributed by atoms with E-state index in [0.717, 1.165) is 0 Å². The molecule has 0 bridgehead atoms. The Morgan fingerprint density at radius 2 is 1.66 bits per heavy atom. The number of benzene rings is 2. The molecule has 8 nitrogen and oxygen atoms in total. The number of nitrogens with zero attached hydrogens (tertiary/aromatic N) is 1. The third-order valence-electron chi connectivity index (χ3n) is 3.76. The molecule has 0 amide bonds. The van der Waals surface area contributed by atoms with E-state index in [1.54, 1.807) is 36.4 Å². The van der Waals surface area contributed by atoms with Crippen LogP contribution >= 0.6 is 0 Å². The average Bonchev–Trinajstić information content (AvgIpc) is 2.73. The summed E-state index contributed by atoms with van der Waals surface area (Å²) in [4.78, 5) is 22.9. The Morgan fingerprint density at radius 1 is 1.00 bits per heavy atom. The highest BCUT2D eigenvalue weighted by Crippen LogP contribution is 2.26. The van der Waals surface area contributed by atoms with Crippen molar-refractivity contribution in [2.45, 2.75) is 13.8 Å². The van der Waals surface area contributed by atoms with Crippen LogP contribution in [0.5, 0.6) is 11.5 Å². The zero-order valence-electron chi connectivity index (χ0n) is 16.3. The van der Waals surface area contributed by atoms with Crippen LogP contribution in [-0.2, 0) is 9.47 Å². The standard InChI is InChI=1S/C21H23NO7/c1-3-26-14-28-18-10-11-19(21(13-18)29-15-27-4-2)20(23)12-7-16-5-8-17(9-6-16)22(24)25/h5-13H,3-4,14-15H2,1-2H3. The van der Waals surface area contributed by atoms with Crippen LogP contribution in [0.1, 0.15) is 29.8 Å². The van der Waals surface area contributed by atoms with Gasteiger partial charge in [0.25, 0.3) is 5.69 Å². The number of carbonyl (C=O) groups excluding carboxylic acids is 1. The van der Waals surface area contributed by atoms with E-state index in [2.05, 4.69) is 0 Å². The Bertz CT molecular complexity index is 847. The van der Waals surface area contributed by atoms with Crippen LogP contribution in [0.15, 0.2) is 48.5 Å². The molecule has 0 saturated heterocycles. The summed E-state index contributed by atoms with van der Waals surface area (Å²) in [7, 11) is 0. The molecule has 0 unspecified atom stereocenters. The van der Waals surface area contributed by atoms with Gasteiger partial charge in [-0.05, 0) is 49.8 Å². The molecule has 0 heterocycles. The molecule has 0 aliphatic carbocycles. The van der Waals surface area contributed by atoms with Crippen molar-refractivity contribution in [1.29, 1.82) is 0 Å². The summed E-state index contributed by atoms with van der Waals surface area (Å²) >= 11 is 0. The fraction of sp³-hybridized carbons (Fsp3) is 0.286. The largest absolute Gasteiger partial charge is 0.467 e. The van der Waals surface area contributed by atoms with E-state index in [9.17, 15) is 14.9 Å². The predicted molar refractivity (Wildman–Crippen MR) is 107 cm³/mol. The van der Waals surface area contributed by atoms with Crippen molar-refractivity contribution in [2.24, 2.45) is 0 Å². The maximum absolute atomic E-state index is 12.6. The van der Waals surface area contributed by atoms with Crippen LogP contribution in [0.25, 0.3) is 6.08 Å². The molecule has 2 rings (SSSR count). The number of nitro benzene ring substituents is 1. The van der Waals surface area contributed by atoms with E-state index < -0.39 is 4.92 Å². The second-order valence-electron chi connectivity index (χ2n) is 5.71. The molecule has 2 aromatic carbocycles. The highest BCUT2D eigenvalue weighted by Gasteiger charge is 2.12. The summed E-state index contributed by atoms with van der Waals surface area (Å²) in [5, 5.41) is 10.7. The number of ether oxygens (including phenoxy) is 4. The van der Waals surface area contributed by atoms with Crippen LogP contribution in [-0.4, -0.2) is 37.5 Å². The van der Waals surface area contributed by atoms with Gasteiger partial charge in [-0.25, -0.2) is 0 Å². The van der Waals surface area contributed by atoms with Crippen LogP contribution in [0.2, 0.25) is 0 Å². The zero-order valence-corrected chi connectivity index (χ0v) is 16.3. The van der Waals surface area contributed by atoms with Crippen molar-refractivity contribution in [3.05, 3.63) is 69.8 Å². The van der Waals surface area contributed by atoms with Crippen LogP contribution in [0.3, 0.4) is 0 Å². The third kappa shape index (κ3) is 7.02. The first-order chi connectivity index (χ1) is 14.0. The SMILES string of the molecule is CCOCOc1ccc(C(=O)C=Cc2ccc([N+](=O)[O-])cc2)c(OCOCC)c1. The molecular formula is C21H23NO7. The molecule has 0 radical (unpaired) electrons. The maximum atomic E-state index is 12.6. The zero-order chi connectivity index (χ0) is 21.1. The van der Waals surface area contributed by atoms with E-state index in [4.69, 9.17) is 18.9 Å². The number of rotatable bonds is 12. The molecule has 0 aromatic heterocycles. The lowest BCUT2D eigenvalue weighted by Crippen LogP contribution is -2.08. The third-order valence-corrected chi connectivity index (χ3v) is 3.76. The Kier molecular flexibility index (Phi) is 8.81. The first-order valence-corrected chi connectivity index (χ1v) is 9.07. The molecule has 2 aromatic rings. The van der Waals surface area contributed by atoms with Crippen molar-refractivity contribution in [3.63, 3.8) is 0 Å². The second-order valence-corrected chi connectivity index (χ2v) is 5.71. The maximum Gasteiger partial charge on any atom is 0.269 e. The summed E-state index contributed by atoms with van der Waals surface area (Å²) < 4.78 is 21.4. The molecule has 0 atom stereocenters. The smallest absolute Gasteiger partial charge is 0.269 e. The number of carbonyl (C=O) groups is 1. The number of hydrogen-bond donors (Lipinski definition) is 0. The van der Waals surface area contributed by atoms with E-state index in [0.29, 0.717) is 35.8 Å². The van der Waals surface area contributed by atoms with Crippen LogP contribution < -0.4 is 9.47 Å². The Balaban J connectivity index is 2.16. The molecule has 0 aliphatic rings. The highest BCUT2D eigenvalue weighted by atomic mass is 16.7. The first kappa shape index (κ1) is 22.1. The molecular weight excluding hydrogens is 378 g/mol. The van der Waals surface area contributed by atoms with Gasteiger partial charge in [-0.3, -0.25) is 14.9 Å². The molecule has 154 valence electrons. The lowest BCUT2D eigenvalue weighted by Gasteiger charge is -2.12. The van der Waals surface area contributed by atoms with Gasteiger partial charge >= 0.3 is 0 Å². The van der Waals surface area contributed by atoms with E-state index >= 15 is 0 Å². The molecule has 29 heavy (non-hydrogen) atoms. The number of non-ortho nitro benzene ring substituents is 1. The summed E-state index contributed by atoms with van der Waals surface area (Å²) in [6.45, 7) is 4.79. The van der Waals surface area contributed by atoms with Gasteiger partial charge in [-0.1, -0.05) is 6.08 Å². The van der Waals surface area contributed by atoms with Gasteiger partial charge < -0.3 is 18.9 Å². The minimum Gasteiger partial charge on any atom is -0.467 e. The molecule has 8 heteroatoms. The highest BCUT2D eigenvalue weighted by molar-refractivity contribution is 6.08. The van der Waals surface area contributed by atoms with Gasteiger partial charge in [0.1, 0.15) is 11.5 Å². The number of nitro groups is 1. The van der Waals surface area contributed by atoms with Crippen LogP contribution in [0, 0.1) is 10.1 Å².